The molecule has 0 saturated heterocycles. The number of nitriles is 1. The molecule has 0 spiro atoms. The van der Waals surface area contributed by atoms with Gasteiger partial charge in [-0.2, -0.15) is 5.26 Å². The molecule has 6 heteroatoms. The van der Waals surface area contributed by atoms with Crippen molar-refractivity contribution in [3.63, 3.8) is 0 Å². The molecular weight excluding hydrogens is 364 g/mol. The smallest absolute Gasteiger partial charge is 0.205 e. The molecule has 1 N–H and O–H groups in total. The Bertz CT molecular complexity index is 1320. The molecule has 0 unspecified atom stereocenters. The Hall–Kier alpha value is -3.85. The molecule has 0 radical (unpaired) electrons. The van der Waals surface area contributed by atoms with Crippen LogP contribution in [0.1, 0.15) is 38.8 Å². The lowest BCUT2D eigenvalue weighted by Crippen LogP contribution is -2.03. The molecule has 6 nitrogen and oxygen atoms in total. The summed E-state index contributed by atoms with van der Waals surface area (Å²) >= 11 is 0. The van der Waals surface area contributed by atoms with Gasteiger partial charge in [0.15, 0.2) is 5.82 Å². The number of para-hydroxylation sites is 1. The fraction of sp³-hybridized carbons (Fsp3) is 0.174. The van der Waals surface area contributed by atoms with E-state index in [4.69, 9.17) is 4.52 Å². The van der Waals surface area contributed by atoms with Crippen LogP contribution in [0.3, 0.4) is 0 Å². The van der Waals surface area contributed by atoms with E-state index < -0.39 is 0 Å². The minimum absolute atomic E-state index is 0.0921. The number of aromatic amines is 1. The first-order valence-corrected chi connectivity index (χ1v) is 9.27. The molecule has 0 aliphatic rings. The maximum absolute atomic E-state index is 13.2. The number of carbonyl (C=O) groups is 1. The third-order valence-electron chi connectivity index (χ3n) is 5.10. The number of benzene rings is 1. The summed E-state index contributed by atoms with van der Waals surface area (Å²) in [5.74, 6) is 1.10. The Morgan fingerprint density at radius 1 is 1.21 bits per heavy atom. The third-order valence-corrected chi connectivity index (χ3v) is 5.10. The van der Waals surface area contributed by atoms with Crippen LogP contribution in [0.5, 0.6) is 0 Å². The summed E-state index contributed by atoms with van der Waals surface area (Å²) in [6.07, 6.45) is 1.65. The van der Waals surface area contributed by atoms with E-state index in [-0.39, 0.29) is 11.4 Å². The van der Waals surface area contributed by atoms with E-state index in [2.05, 4.69) is 16.2 Å². The summed E-state index contributed by atoms with van der Waals surface area (Å²) in [5.41, 5.74) is 4.88. The first-order valence-electron chi connectivity index (χ1n) is 9.27. The number of aromatic nitrogens is 3. The van der Waals surface area contributed by atoms with E-state index in [9.17, 15) is 10.1 Å². The van der Waals surface area contributed by atoms with E-state index in [0.29, 0.717) is 17.1 Å². The van der Waals surface area contributed by atoms with Crippen molar-refractivity contribution in [3.8, 4) is 11.9 Å². The monoisotopic (exact) mass is 384 g/mol. The Balaban J connectivity index is 1.80. The second-order valence-electron chi connectivity index (χ2n) is 7.13. The van der Waals surface area contributed by atoms with Crippen molar-refractivity contribution in [2.45, 2.75) is 27.7 Å². The molecule has 0 aliphatic carbocycles. The van der Waals surface area contributed by atoms with Crippen LogP contribution in [-0.2, 0) is 0 Å². The van der Waals surface area contributed by atoms with Gasteiger partial charge in [0.05, 0.1) is 5.56 Å². The van der Waals surface area contributed by atoms with Gasteiger partial charge in [-0.15, -0.1) is 0 Å². The quantitative estimate of drug-likeness (QED) is 0.306. The third kappa shape index (κ3) is 3.07. The van der Waals surface area contributed by atoms with Gasteiger partial charge in [0.25, 0.3) is 0 Å². The molecule has 0 amide bonds. The predicted octanol–water partition coefficient (Wildman–Crippen LogP) is 4.97. The van der Waals surface area contributed by atoms with Gasteiger partial charge in [0.1, 0.15) is 17.4 Å². The van der Waals surface area contributed by atoms with Crippen molar-refractivity contribution in [2.24, 2.45) is 0 Å². The highest BCUT2D eigenvalue weighted by Gasteiger charge is 2.21. The Morgan fingerprint density at radius 2 is 1.97 bits per heavy atom. The highest BCUT2D eigenvalue weighted by atomic mass is 16.5. The number of nitrogens with one attached hydrogen (secondary N) is 1. The highest BCUT2D eigenvalue weighted by Crippen LogP contribution is 2.27. The number of H-pyrrole nitrogens is 1. The van der Waals surface area contributed by atoms with E-state index in [1.54, 1.807) is 6.08 Å². The van der Waals surface area contributed by atoms with Gasteiger partial charge in [0, 0.05) is 34.1 Å². The summed E-state index contributed by atoms with van der Waals surface area (Å²) in [5, 5.41) is 14.6. The van der Waals surface area contributed by atoms with Crippen molar-refractivity contribution < 1.29 is 9.32 Å². The van der Waals surface area contributed by atoms with Crippen LogP contribution in [0.4, 0.5) is 0 Å². The van der Waals surface area contributed by atoms with Gasteiger partial charge < -0.3 is 9.51 Å². The van der Waals surface area contributed by atoms with Gasteiger partial charge in [0.2, 0.25) is 5.78 Å². The first kappa shape index (κ1) is 18.5. The molecule has 29 heavy (non-hydrogen) atoms. The molecule has 144 valence electrons. The zero-order valence-corrected chi connectivity index (χ0v) is 16.7. The number of hydrogen-bond donors (Lipinski definition) is 1. The second-order valence-corrected chi connectivity index (χ2v) is 7.13. The molecular formula is C23H20N4O2. The van der Waals surface area contributed by atoms with Crippen molar-refractivity contribution in [2.75, 3.05) is 0 Å². The molecule has 1 aromatic carbocycles. The molecule has 0 fully saturated rings. The summed E-state index contributed by atoms with van der Waals surface area (Å²) in [4.78, 5) is 16.4. The number of nitrogens with zero attached hydrogens (tertiary/aromatic N) is 3. The van der Waals surface area contributed by atoms with Gasteiger partial charge >= 0.3 is 0 Å². The number of carbonyl (C=O) groups excluding carboxylic acids is 1. The Labute approximate surface area is 168 Å². The molecule has 0 bridgehead atoms. The minimum atomic E-state index is -0.287. The van der Waals surface area contributed by atoms with E-state index in [0.717, 1.165) is 33.5 Å². The lowest BCUT2D eigenvalue weighted by atomic mass is 9.99. The summed E-state index contributed by atoms with van der Waals surface area (Å²) in [7, 11) is 0. The maximum atomic E-state index is 13.2. The maximum Gasteiger partial charge on any atom is 0.205 e. The summed E-state index contributed by atoms with van der Waals surface area (Å²) < 4.78 is 7.13. The number of ketones is 1. The van der Waals surface area contributed by atoms with Gasteiger partial charge in [-0.25, -0.2) is 0 Å². The minimum Gasteiger partial charge on any atom is -0.360 e. The first-order chi connectivity index (χ1) is 13.9. The lowest BCUT2D eigenvalue weighted by molar-refractivity contribution is 0.104. The average molecular weight is 384 g/mol. The number of Topliss-reactive ketones (excluding diaryl/α,β-unsaturated/α-hetero) is 1. The lowest BCUT2D eigenvalue weighted by Gasteiger charge is -2.04. The van der Waals surface area contributed by atoms with E-state index in [1.165, 1.54) is 0 Å². The summed E-state index contributed by atoms with van der Waals surface area (Å²) in [6.45, 7) is 7.56. The van der Waals surface area contributed by atoms with Crippen LogP contribution in [0.25, 0.3) is 22.8 Å². The SMILES string of the molecule is Cc1cc(-n2c(C)cc(/C=C(\C#N)C(=O)c3c(C)[nH]c4ccccc34)c2C)no1. The molecule has 4 aromatic rings. The molecule has 0 aliphatic heterocycles. The van der Waals surface area contributed by atoms with Crippen LogP contribution >= 0.6 is 0 Å². The number of allylic oxidation sites excluding steroid dienone is 1. The van der Waals surface area contributed by atoms with Crippen LogP contribution in [0.15, 0.2) is 46.5 Å². The van der Waals surface area contributed by atoms with Gasteiger partial charge in [-0.05, 0) is 51.5 Å². The zero-order chi connectivity index (χ0) is 20.7. The normalized spacial score (nSPS) is 11.8. The Kier molecular flexibility index (Phi) is 4.44. The van der Waals surface area contributed by atoms with Crippen LogP contribution in [-0.4, -0.2) is 20.5 Å². The number of fused-ring (bicyclic) bond motifs is 1. The summed E-state index contributed by atoms with van der Waals surface area (Å²) in [6, 6.07) is 13.5. The number of aryl methyl sites for hydroxylation is 3. The van der Waals surface area contributed by atoms with Crippen molar-refractivity contribution >= 4 is 22.8 Å². The van der Waals surface area contributed by atoms with Crippen LogP contribution in [0, 0.1) is 39.0 Å². The molecule has 0 atom stereocenters. The average Bonchev–Trinajstić information content (AvgIpc) is 3.34. The fourth-order valence-corrected chi connectivity index (χ4v) is 3.75. The van der Waals surface area contributed by atoms with Crippen LogP contribution < -0.4 is 0 Å². The van der Waals surface area contributed by atoms with Crippen LogP contribution in [0.2, 0.25) is 0 Å². The highest BCUT2D eigenvalue weighted by molar-refractivity contribution is 6.20. The largest absolute Gasteiger partial charge is 0.360 e. The van der Waals surface area contributed by atoms with E-state index in [1.807, 2.05) is 68.7 Å². The van der Waals surface area contributed by atoms with E-state index >= 15 is 0 Å². The standard InChI is InChI=1S/C23H20N4O2/c1-13-9-17(16(4)27(13)21-10-14(2)29-26-21)11-18(12-24)23(28)22-15(3)25-20-8-6-5-7-19(20)22/h5-11,25H,1-4H3/b18-11+. The molecule has 4 rings (SSSR count). The van der Waals surface area contributed by atoms with Gasteiger partial charge in [-0.3, -0.25) is 9.36 Å². The van der Waals surface area contributed by atoms with Crippen molar-refractivity contribution in [3.05, 3.63) is 75.9 Å². The van der Waals surface area contributed by atoms with Crippen molar-refractivity contribution in [1.29, 1.82) is 5.26 Å². The fourth-order valence-electron chi connectivity index (χ4n) is 3.75. The second kappa shape index (κ2) is 6.95. The Morgan fingerprint density at radius 3 is 2.66 bits per heavy atom. The number of rotatable bonds is 4. The molecule has 0 saturated carbocycles. The molecule has 3 aromatic heterocycles. The zero-order valence-electron chi connectivity index (χ0n) is 16.7. The van der Waals surface area contributed by atoms with Gasteiger partial charge in [-0.1, -0.05) is 23.4 Å². The topological polar surface area (TPSA) is 87.6 Å². The predicted molar refractivity (Wildman–Crippen MR) is 111 cm³/mol. The van der Waals surface area contributed by atoms with Crippen molar-refractivity contribution in [1.82, 2.24) is 14.7 Å². The number of hydrogen-bond acceptors (Lipinski definition) is 4. The molecule has 3 heterocycles.